The van der Waals surface area contributed by atoms with Crippen molar-refractivity contribution in [1.82, 2.24) is 0 Å². The minimum absolute atomic E-state index is 0. The number of hydrogen-bond acceptors (Lipinski definition) is 4. The van der Waals surface area contributed by atoms with E-state index in [9.17, 15) is 0 Å². The van der Waals surface area contributed by atoms with Crippen LogP contribution in [0.3, 0.4) is 0 Å². The van der Waals surface area contributed by atoms with Crippen LogP contribution in [0.5, 0.6) is 0 Å². The number of benzene rings is 1. The number of rotatable bonds is 1. The van der Waals surface area contributed by atoms with E-state index in [0.717, 1.165) is 17.0 Å². The van der Waals surface area contributed by atoms with Crippen LogP contribution in [0.4, 0.5) is 0 Å². The topological polar surface area (TPSA) is 50.7 Å². The number of amidine groups is 1. The molecule has 0 radical (unpaired) electrons. The largest absolute Gasteiger partial charge is 0.377 e. The molecule has 0 amide bonds. The van der Waals surface area contributed by atoms with Crippen molar-refractivity contribution in [1.29, 1.82) is 0 Å². The van der Waals surface area contributed by atoms with Crippen LogP contribution < -0.4 is 5.73 Å². The van der Waals surface area contributed by atoms with E-state index < -0.39 is 0 Å². The van der Waals surface area contributed by atoms with Crippen LogP contribution in [0, 0.1) is 6.92 Å². The van der Waals surface area contributed by atoms with Crippen molar-refractivity contribution < 1.29 is 0 Å². The quantitative estimate of drug-likeness (QED) is 0.820. The van der Waals surface area contributed by atoms with Crippen LogP contribution in [0.15, 0.2) is 34.5 Å². The molecule has 15 heavy (non-hydrogen) atoms. The van der Waals surface area contributed by atoms with Gasteiger partial charge in [-0.05, 0) is 12.5 Å². The van der Waals surface area contributed by atoms with Crippen molar-refractivity contribution in [3.05, 3.63) is 35.4 Å². The number of nitrogens with zero attached hydrogens (tertiary/aromatic N) is 2. The molecule has 0 spiro atoms. The first-order chi connectivity index (χ1) is 6.75. The summed E-state index contributed by atoms with van der Waals surface area (Å²) >= 11 is 1.52. The fourth-order valence-corrected chi connectivity index (χ4v) is 1.80. The van der Waals surface area contributed by atoms with Gasteiger partial charge in [0.15, 0.2) is 5.17 Å². The molecule has 1 aliphatic rings. The molecule has 80 valence electrons. The van der Waals surface area contributed by atoms with Gasteiger partial charge in [-0.15, -0.1) is 17.5 Å². The van der Waals surface area contributed by atoms with Gasteiger partial charge >= 0.3 is 0 Å². The van der Waals surface area contributed by atoms with E-state index in [1.165, 1.54) is 17.3 Å². The second kappa shape index (κ2) is 5.19. The Labute approximate surface area is 99.3 Å². The summed E-state index contributed by atoms with van der Waals surface area (Å²) in [6, 6.07) is 8.27. The van der Waals surface area contributed by atoms with Crippen LogP contribution in [-0.2, 0) is 0 Å². The van der Waals surface area contributed by atoms with E-state index in [-0.39, 0.29) is 12.4 Å². The number of halogens is 1. The zero-order valence-electron chi connectivity index (χ0n) is 8.30. The molecule has 0 bridgehead atoms. The maximum atomic E-state index is 5.51. The van der Waals surface area contributed by atoms with Gasteiger partial charge in [-0.25, -0.2) is 0 Å². The lowest BCUT2D eigenvalue weighted by atomic mass is 10.1. The van der Waals surface area contributed by atoms with Crippen molar-refractivity contribution in [3.63, 3.8) is 0 Å². The zero-order chi connectivity index (χ0) is 9.97. The predicted octanol–water partition coefficient (Wildman–Crippen LogP) is 2.18. The third-order valence-corrected chi connectivity index (χ3v) is 2.81. The van der Waals surface area contributed by atoms with Crippen LogP contribution in [-0.4, -0.2) is 16.6 Å². The summed E-state index contributed by atoms with van der Waals surface area (Å²) in [6.45, 7) is 2.07. The molecule has 0 saturated heterocycles. The van der Waals surface area contributed by atoms with Gasteiger partial charge in [0.05, 0.1) is 5.71 Å². The monoisotopic (exact) mass is 241 g/mol. The van der Waals surface area contributed by atoms with Crippen molar-refractivity contribution in [2.24, 2.45) is 15.9 Å². The van der Waals surface area contributed by atoms with Crippen molar-refractivity contribution in [2.75, 3.05) is 5.75 Å². The molecule has 5 heteroatoms. The number of aryl methyl sites for hydroxylation is 1. The molecule has 0 saturated carbocycles. The lowest BCUT2D eigenvalue weighted by Crippen LogP contribution is -2.16. The van der Waals surface area contributed by atoms with Crippen molar-refractivity contribution in [3.8, 4) is 0 Å². The lowest BCUT2D eigenvalue weighted by Gasteiger charge is -2.08. The Morgan fingerprint density at radius 3 is 2.40 bits per heavy atom. The Hall–Kier alpha value is -1.00. The van der Waals surface area contributed by atoms with E-state index in [1.807, 2.05) is 0 Å². The number of thioether (sulfide) groups is 1. The standard InChI is InChI=1S/C10H11N3S.ClH/c1-7-2-4-8(5-3-7)9-6-14-10(11)13-12-9;/h2-5H,6H2,1H3,(H2,11,13);1H. The van der Waals surface area contributed by atoms with Crippen LogP contribution in [0.2, 0.25) is 0 Å². The van der Waals surface area contributed by atoms with Gasteiger partial charge in [0.1, 0.15) is 0 Å². The average Bonchev–Trinajstić information content (AvgIpc) is 2.21. The molecule has 2 rings (SSSR count). The van der Waals surface area contributed by atoms with Gasteiger partial charge in [0.2, 0.25) is 0 Å². The van der Waals surface area contributed by atoms with Gasteiger partial charge < -0.3 is 5.73 Å². The molecule has 1 aromatic carbocycles. The summed E-state index contributed by atoms with van der Waals surface area (Å²) in [5.74, 6) is 0.804. The molecule has 0 atom stereocenters. The van der Waals surface area contributed by atoms with Crippen molar-refractivity contribution >= 4 is 35.0 Å². The molecule has 0 fully saturated rings. The van der Waals surface area contributed by atoms with Crippen molar-refractivity contribution in [2.45, 2.75) is 6.92 Å². The second-order valence-electron chi connectivity index (χ2n) is 3.14. The summed E-state index contributed by atoms with van der Waals surface area (Å²) in [5, 5.41) is 8.47. The predicted molar refractivity (Wildman–Crippen MR) is 69.0 cm³/mol. The third kappa shape index (κ3) is 2.97. The highest BCUT2D eigenvalue weighted by Gasteiger charge is 2.09. The SMILES string of the molecule is Cc1ccc(C2=NN=C(N)SC2)cc1.Cl. The molecular formula is C10H12ClN3S. The van der Waals surface area contributed by atoms with E-state index in [4.69, 9.17) is 5.73 Å². The Morgan fingerprint density at radius 1 is 1.20 bits per heavy atom. The summed E-state index contributed by atoms with van der Waals surface area (Å²) in [6.07, 6.45) is 0. The Morgan fingerprint density at radius 2 is 1.87 bits per heavy atom. The minimum Gasteiger partial charge on any atom is -0.377 e. The van der Waals surface area contributed by atoms with Crippen LogP contribution >= 0.6 is 24.2 Å². The van der Waals surface area contributed by atoms with Gasteiger partial charge in [0, 0.05) is 5.75 Å². The van der Waals surface area contributed by atoms with Gasteiger partial charge in [-0.1, -0.05) is 41.6 Å². The molecule has 1 aromatic rings. The highest BCUT2D eigenvalue weighted by atomic mass is 35.5. The van der Waals surface area contributed by atoms with E-state index >= 15 is 0 Å². The Kier molecular flexibility index (Phi) is 4.17. The van der Waals surface area contributed by atoms with E-state index in [2.05, 4.69) is 41.4 Å². The Bertz CT molecular complexity index is 398. The first-order valence-electron chi connectivity index (χ1n) is 4.35. The first kappa shape index (κ1) is 12.1. The molecule has 1 aliphatic heterocycles. The molecule has 2 N–H and O–H groups in total. The fourth-order valence-electron chi connectivity index (χ4n) is 1.20. The summed E-state index contributed by atoms with van der Waals surface area (Å²) in [7, 11) is 0. The average molecular weight is 242 g/mol. The minimum atomic E-state index is 0. The van der Waals surface area contributed by atoms with Crippen LogP contribution in [0.1, 0.15) is 11.1 Å². The van der Waals surface area contributed by atoms with Gasteiger partial charge in [-0.3, -0.25) is 0 Å². The second-order valence-corrected chi connectivity index (χ2v) is 4.14. The summed E-state index contributed by atoms with van der Waals surface area (Å²) < 4.78 is 0. The Balaban J connectivity index is 0.00000112. The lowest BCUT2D eigenvalue weighted by molar-refractivity contribution is 1.22. The normalized spacial score (nSPS) is 15.0. The highest BCUT2D eigenvalue weighted by molar-refractivity contribution is 8.14. The molecule has 1 heterocycles. The number of hydrogen-bond donors (Lipinski definition) is 1. The molecular weight excluding hydrogens is 230 g/mol. The van der Waals surface area contributed by atoms with Gasteiger partial charge in [0.25, 0.3) is 0 Å². The van der Waals surface area contributed by atoms with E-state index in [1.54, 1.807) is 0 Å². The molecule has 0 aliphatic carbocycles. The molecule has 3 nitrogen and oxygen atoms in total. The molecule has 0 unspecified atom stereocenters. The summed E-state index contributed by atoms with van der Waals surface area (Å²) in [5.41, 5.74) is 8.87. The van der Waals surface area contributed by atoms with E-state index in [0.29, 0.717) is 5.17 Å². The third-order valence-electron chi connectivity index (χ3n) is 2.01. The zero-order valence-corrected chi connectivity index (χ0v) is 9.94. The van der Waals surface area contributed by atoms with Gasteiger partial charge in [-0.2, -0.15) is 5.10 Å². The smallest absolute Gasteiger partial charge is 0.180 e. The van der Waals surface area contributed by atoms with Crippen LogP contribution in [0.25, 0.3) is 0 Å². The maximum Gasteiger partial charge on any atom is 0.180 e. The highest BCUT2D eigenvalue weighted by Crippen LogP contribution is 2.13. The number of nitrogens with two attached hydrogens (primary N) is 1. The first-order valence-corrected chi connectivity index (χ1v) is 5.34. The fraction of sp³-hybridized carbons (Fsp3) is 0.200. The maximum absolute atomic E-state index is 5.51. The molecule has 0 aromatic heterocycles. The summed E-state index contributed by atoms with van der Waals surface area (Å²) in [4.78, 5) is 0.